The summed E-state index contributed by atoms with van der Waals surface area (Å²) in [6.07, 6.45) is -11.5. The second kappa shape index (κ2) is 11.1. The highest BCUT2D eigenvalue weighted by Crippen LogP contribution is 2.55. The summed E-state index contributed by atoms with van der Waals surface area (Å²) in [5.41, 5.74) is -8.89. The minimum Gasteiger partial charge on any atom is -0.350 e. The Balaban J connectivity index is 2.36. The van der Waals surface area contributed by atoms with Crippen LogP contribution in [0.2, 0.25) is 0 Å². The van der Waals surface area contributed by atoms with Gasteiger partial charge in [-0.1, -0.05) is 54.6 Å². The van der Waals surface area contributed by atoms with Crippen molar-refractivity contribution in [1.82, 2.24) is 5.32 Å². The first-order valence-electron chi connectivity index (χ1n) is 11.5. The van der Waals surface area contributed by atoms with Gasteiger partial charge in [0.1, 0.15) is 5.92 Å². The summed E-state index contributed by atoms with van der Waals surface area (Å²) >= 11 is 1.17. The number of halogens is 7. The van der Waals surface area contributed by atoms with Crippen molar-refractivity contribution in [1.29, 1.82) is 0 Å². The van der Waals surface area contributed by atoms with Crippen LogP contribution in [0.4, 0.5) is 36.4 Å². The third-order valence-electron chi connectivity index (χ3n) is 5.98. The molecule has 0 aliphatic rings. The van der Waals surface area contributed by atoms with Gasteiger partial charge in [-0.25, -0.2) is 4.39 Å². The number of anilines is 1. The molecule has 0 aliphatic carbocycles. The van der Waals surface area contributed by atoms with Crippen LogP contribution in [0.15, 0.2) is 66.7 Å². The number of thioether (sulfide) groups is 1. The number of nitrogens with one attached hydrogen (secondary N) is 2. The Morgan fingerprint density at radius 1 is 0.821 bits per heavy atom. The topological polar surface area (TPSA) is 58.2 Å². The normalized spacial score (nSPS) is 13.7. The van der Waals surface area contributed by atoms with E-state index in [-0.39, 0.29) is 22.2 Å². The van der Waals surface area contributed by atoms with E-state index >= 15 is 4.39 Å². The number of hydrogen-bond acceptors (Lipinski definition) is 3. The lowest BCUT2D eigenvalue weighted by molar-refractivity contribution is -0.346. The number of amides is 2. The molecule has 12 heteroatoms. The van der Waals surface area contributed by atoms with E-state index in [0.29, 0.717) is 0 Å². The molecule has 0 bridgehead atoms. The minimum atomic E-state index is -6.56. The molecule has 0 aromatic heterocycles. The fraction of sp³-hybridized carbons (Fsp3) is 0.333. The van der Waals surface area contributed by atoms with Crippen molar-refractivity contribution in [2.24, 2.45) is 0 Å². The van der Waals surface area contributed by atoms with Gasteiger partial charge in [0.2, 0.25) is 5.91 Å². The predicted octanol–water partition coefficient (Wildman–Crippen LogP) is 7.27. The zero-order valence-electron chi connectivity index (χ0n) is 21.0. The van der Waals surface area contributed by atoms with E-state index in [1.165, 1.54) is 55.9 Å². The lowest BCUT2D eigenvalue weighted by Gasteiger charge is -2.38. The third-order valence-corrected chi connectivity index (χ3v) is 6.99. The SMILES string of the molecule is CSCC(C)(C)NC(=O)C(c1ccc2ccccc2c1C(=O)Nc1ccccc1)C(F)(C(F)(F)F)C(F)(F)F. The predicted molar refractivity (Wildman–Crippen MR) is 138 cm³/mol. The van der Waals surface area contributed by atoms with Gasteiger partial charge in [-0.05, 0) is 48.6 Å². The van der Waals surface area contributed by atoms with E-state index in [1.807, 2.05) is 0 Å². The molecule has 2 N–H and O–H groups in total. The van der Waals surface area contributed by atoms with Gasteiger partial charge in [0.15, 0.2) is 0 Å². The molecule has 4 nitrogen and oxygen atoms in total. The molecule has 0 heterocycles. The van der Waals surface area contributed by atoms with Gasteiger partial charge in [-0.3, -0.25) is 9.59 Å². The molecule has 1 atom stereocenters. The van der Waals surface area contributed by atoms with E-state index in [1.54, 1.807) is 30.5 Å². The van der Waals surface area contributed by atoms with Gasteiger partial charge in [-0.15, -0.1) is 0 Å². The van der Waals surface area contributed by atoms with E-state index in [4.69, 9.17) is 0 Å². The first-order valence-corrected chi connectivity index (χ1v) is 12.9. The van der Waals surface area contributed by atoms with Crippen molar-refractivity contribution >= 4 is 40.0 Å². The Morgan fingerprint density at radius 2 is 1.38 bits per heavy atom. The molecule has 0 radical (unpaired) electrons. The lowest BCUT2D eigenvalue weighted by Crippen LogP contribution is -2.62. The summed E-state index contributed by atoms with van der Waals surface area (Å²) in [6.45, 7) is 2.76. The summed E-state index contributed by atoms with van der Waals surface area (Å²) in [7, 11) is 0. The standard InChI is InChI=1S/C27H25F7N2O2S/c1-24(2,15-39-3)36-23(38)21(25(28,26(29,30)31)27(32,33)34)19-14-13-16-9-7-8-12-18(16)20(19)22(37)35-17-10-5-4-6-11-17/h4-14,21H,15H2,1-3H3,(H,35,37)(H,36,38). The second-order valence-corrected chi connectivity index (χ2v) is 10.4. The molecule has 2 amide bonds. The highest BCUT2D eigenvalue weighted by atomic mass is 32.2. The molecule has 0 aliphatic heterocycles. The molecule has 210 valence electrons. The summed E-state index contributed by atoms with van der Waals surface area (Å²) in [5, 5.41) is 4.78. The van der Waals surface area contributed by atoms with Crippen LogP contribution in [0.3, 0.4) is 0 Å². The van der Waals surface area contributed by atoms with E-state index < -0.39 is 52.4 Å². The zero-order chi connectivity index (χ0) is 29.2. The van der Waals surface area contributed by atoms with Crippen molar-refractivity contribution in [3.05, 3.63) is 77.9 Å². The molecule has 0 saturated carbocycles. The molecule has 3 rings (SSSR count). The summed E-state index contributed by atoms with van der Waals surface area (Å²) < 4.78 is 100. The van der Waals surface area contributed by atoms with Crippen LogP contribution in [0.5, 0.6) is 0 Å². The van der Waals surface area contributed by atoms with Crippen molar-refractivity contribution in [2.75, 3.05) is 17.3 Å². The maximum atomic E-state index is 15.8. The molecule has 0 spiro atoms. The van der Waals surface area contributed by atoms with Gasteiger partial charge in [0, 0.05) is 17.0 Å². The summed E-state index contributed by atoms with van der Waals surface area (Å²) in [6, 6.07) is 15.2. The molecule has 1 unspecified atom stereocenters. The lowest BCUT2D eigenvalue weighted by atomic mass is 9.77. The smallest absolute Gasteiger partial charge is 0.350 e. The quantitative estimate of drug-likeness (QED) is 0.279. The van der Waals surface area contributed by atoms with Crippen molar-refractivity contribution in [3.8, 4) is 0 Å². The van der Waals surface area contributed by atoms with Crippen LogP contribution in [0, 0.1) is 0 Å². The van der Waals surface area contributed by atoms with Crippen LogP contribution in [0.25, 0.3) is 10.8 Å². The van der Waals surface area contributed by atoms with E-state index in [2.05, 4.69) is 10.6 Å². The van der Waals surface area contributed by atoms with Gasteiger partial charge in [0.25, 0.3) is 5.91 Å². The third kappa shape index (κ3) is 6.15. The number of benzene rings is 3. The van der Waals surface area contributed by atoms with Gasteiger partial charge in [-0.2, -0.15) is 38.1 Å². The first kappa shape index (κ1) is 30.3. The number of fused-ring (bicyclic) bond motifs is 1. The zero-order valence-corrected chi connectivity index (χ0v) is 21.8. The van der Waals surface area contributed by atoms with Crippen LogP contribution < -0.4 is 10.6 Å². The van der Waals surface area contributed by atoms with Gasteiger partial charge in [0.05, 0.1) is 5.56 Å². The van der Waals surface area contributed by atoms with E-state index in [9.17, 15) is 35.9 Å². The summed E-state index contributed by atoms with van der Waals surface area (Å²) in [5.74, 6) is -6.38. The summed E-state index contributed by atoms with van der Waals surface area (Å²) in [4.78, 5) is 26.8. The maximum Gasteiger partial charge on any atom is 0.432 e. The number of rotatable bonds is 8. The molecule has 39 heavy (non-hydrogen) atoms. The average Bonchev–Trinajstić information content (AvgIpc) is 2.82. The maximum absolute atomic E-state index is 15.8. The van der Waals surface area contributed by atoms with Crippen molar-refractivity contribution < 1.29 is 40.3 Å². The number of hydrogen-bond donors (Lipinski definition) is 2. The van der Waals surface area contributed by atoms with Crippen LogP contribution >= 0.6 is 11.8 Å². The second-order valence-electron chi connectivity index (χ2n) is 9.52. The van der Waals surface area contributed by atoms with Crippen LogP contribution in [-0.4, -0.2) is 47.4 Å². The Bertz CT molecular complexity index is 1330. The van der Waals surface area contributed by atoms with Crippen LogP contribution in [-0.2, 0) is 4.79 Å². The number of carbonyl (C=O) groups is 2. The van der Waals surface area contributed by atoms with Crippen molar-refractivity contribution in [3.63, 3.8) is 0 Å². The Hall–Kier alpha value is -3.28. The Kier molecular flexibility index (Phi) is 8.59. The number of para-hydroxylation sites is 1. The highest BCUT2D eigenvalue weighted by Gasteiger charge is 2.78. The molecule has 0 fully saturated rings. The Morgan fingerprint density at radius 3 is 1.95 bits per heavy atom. The van der Waals surface area contributed by atoms with E-state index in [0.717, 1.165) is 12.1 Å². The fourth-order valence-corrected chi connectivity index (χ4v) is 5.12. The number of carbonyl (C=O) groups excluding carboxylic acids is 2. The molecular formula is C27H25F7N2O2S. The number of alkyl halides is 7. The average molecular weight is 575 g/mol. The van der Waals surface area contributed by atoms with Gasteiger partial charge < -0.3 is 10.6 Å². The largest absolute Gasteiger partial charge is 0.432 e. The molecular weight excluding hydrogens is 549 g/mol. The first-order chi connectivity index (χ1) is 18.0. The highest BCUT2D eigenvalue weighted by molar-refractivity contribution is 7.98. The molecule has 3 aromatic carbocycles. The Labute approximate surface area is 224 Å². The minimum absolute atomic E-state index is 0.0590. The van der Waals surface area contributed by atoms with Crippen molar-refractivity contribution in [2.45, 2.75) is 43.3 Å². The fourth-order valence-electron chi connectivity index (χ4n) is 4.32. The van der Waals surface area contributed by atoms with Gasteiger partial charge >= 0.3 is 18.0 Å². The molecule has 3 aromatic rings. The monoisotopic (exact) mass is 574 g/mol. The molecule has 0 saturated heterocycles. The van der Waals surface area contributed by atoms with Crippen LogP contribution in [0.1, 0.15) is 35.7 Å².